The van der Waals surface area contributed by atoms with Crippen molar-refractivity contribution in [2.45, 2.75) is 85.2 Å². The van der Waals surface area contributed by atoms with Crippen LogP contribution >= 0.6 is 0 Å². The van der Waals surface area contributed by atoms with Crippen molar-refractivity contribution in [3.05, 3.63) is 12.0 Å². The number of carbonyl (C=O) groups is 4. The average molecular weight is 503 g/mol. The van der Waals surface area contributed by atoms with Crippen molar-refractivity contribution in [2.75, 3.05) is 12.3 Å². The molecule has 0 aliphatic carbocycles. The van der Waals surface area contributed by atoms with E-state index in [2.05, 4.69) is 22.5 Å². The van der Waals surface area contributed by atoms with E-state index in [1.165, 1.54) is 0 Å². The second-order valence-corrected chi connectivity index (χ2v) is 11.8. The van der Waals surface area contributed by atoms with E-state index in [4.69, 9.17) is 5.73 Å². The van der Waals surface area contributed by atoms with Crippen LogP contribution in [0.15, 0.2) is 12.0 Å². The van der Waals surface area contributed by atoms with Crippen molar-refractivity contribution < 1.29 is 27.6 Å². The smallest absolute Gasteiger partial charge is 0.312 e. The summed E-state index contributed by atoms with van der Waals surface area (Å²) in [6.45, 7) is 12.4. The molecule has 0 saturated heterocycles. The molecule has 0 saturated carbocycles. The molecule has 0 aliphatic rings. The van der Waals surface area contributed by atoms with E-state index in [0.717, 1.165) is 5.41 Å². The fraction of sp³-hybridized carbons (Fsp3) is 0.739. The summed E-state index contributed by atoms with van der Waals surface area (Å²) in [7, 11) is -3.25. The maximum atomic E-state index is 13.0. The number of ketones is 1. The highest BCUT2D eigenvalue weighted by molar-refractivity contribution is 7.94. The van der Waals surface area contributed by atoms with Crippen LogP contribution in [0.1, 0.15) is 73.1 Å². The molecule has 0 heterocycles. The molecular formula is C23H42N4O6S. The van der Waals surface area contributed by atoms with Gasteiger partial charge >= 0.3 is 6.03 Å². The summed E-state index contributed by atoms with van der Waals surface area (Å²) in [6, 6.07) is -2.26. The number of Topliss-reactive ketones (excluding diaryl/α,β-unsaturated/α-hetero) is 1. The molecule has 11 heteroatoms. The summed E-state index contributed by atoms with van der Waals surface area (Å²) in [4.78, 5) is 49.1. The van der Waals surface area contributed by atoms with Gasteiger partial charge in [0.05, 0.1) is 11.8 Å². The molecule has 2 atom stereocenters. The monoisotopic (exact) mass is 502 g/mol. The fourth-order valence-corrected chi connectivity index (χ4v) is 3.97. The number of nitrogens with one attached hydrogen (secondary N) is 3. The number of unbranched alkanes of at least 4 members (excludes halogenated alkanes) is 2. The van der Waals surface area contributed by atoms with Crippen LogP contribution in [0.2, 0.25) is 0 Å². The molecule has 0 spiro atoms. The standard InChI is InChI=1S/C23H42N4O6S/c1-7-34(32,33)15-10-8-9-13-18(28)27-19(16(2)3)21(30)26-17(20(29)23(4,5)6)12-11-14-25-22(24)31/h7,16-17,19H,1,8-15H2,2-6H3,(H,26,30)(H,27,28)(H3,24,25,31)/t17-,19-/m1/s1. The summed E-state index contributed by atoms with van der Waals surface area (Å²) in [5.74, 6) is -1.14. The van der Waals surface area contributed by atoms with E-state index in [-0.39, 0.29) is 36.3 Å². The molecule has 10 nitrogen and oxygen atoms in total. The summed E-state index contributed by atoms with van der Waals surface area (Å²) in [6.07, 6.45) is 2.39. The Bertz CT molecular complexity index is 818. The van der Waals surface area contributed by atoms with Crippen molar-refractivity contribution >= 4 is 33.5 Å². The van der Waals surface area contributed by atoms with Gasteiger partial charge < -0.3 is 21.7 Å². The highest BCUT2D eigenvalue weighted by atomic mass is 32.2. The molecular weight excluding hydrogens is 460 g/mol. The first-order valence-corrected chi connectivity index (χ1v) is 13.3. The Morgan fingerprint density at radius 2 is 1.62 bits per heavy atom. The van der Waals surface area contributed by atoms with E-state index in [1.807, 2.05) is 0 Å². The van der Waals surface area contributed by atoms with Crippen LogP contribution in [-0.2, 0) is 24.2 Å². The second-order valence-electron chi connectivity index (χ2n) is 9.74. The van der Waals surface area contributed by atoms with Gasteiger partial charge in [0.2, 0.25) is 11.8 Å². The first-order chi connectivity index (χ1) is 15.6. The fourth-order valence-electron chi connectivity index (χ4n) is 3.20. The van der Waals surface area contributed by atoms with Gasteiger partial charge in [-0.2, -0.15) is 0 Å². The number of primary amides is 1. The third-order valence-corrected chi connectivity index (χ3v) is 6.56. The molecule has 0 aromatic carbocycles. The number of rotatable bonds is 16. The predicted molar refractivity (Wildman–Crippen MR) is 132 cm³/mol. The summed E-state index contributed by atoms with van der Waals surface area (Å²) >= 11 is 0. The lowest BCUT2D eigenvalue weighted by molar-refractivity contribution is -0.135. The van der Waals surface area contributed by atoms with Crippen LogP contribution < -0.4 is 21.7 Å². The van der Waals surface area contributed by atoms with Gasteiger partial charge in [0.15, 0.2) is 15.6 Å². The molecule has 0 fully saturated rings. The van der Waals surface area contributed by atoms with Gasteiger partial charge in [0.25, 0.3) is 0 Å². The van der Waals surface area contributed by atoms with Crippen LogP contribution in [0.4, 0.5) is 4.79 Å². The first-order valence-electron chi connectivity index (χ1n) is 11.6. The Labute approximate surface area is 203 Å². The summed E-state index contributed by atoms with van der Waals surface area (Å²) in [5, 5.41) is 8.89. The van der Waals surface area contributed by atoms with Crippen LogP contribution in [0.5, 0.6) is 0 Å². The number of hydrogen-bond donors (Lipinski definition) is 4. The Morgan fingerprint density at radius 1 is 1.00 bits per heavy atom. The van der Waals surface area contributed by atoms with E-state index >= 15 is 0 Å². The molecule has 0 aromatic heterocycles. The molecule has 0 rings (SSSR count). The lowest BCUT2D eigenvalue weighted by Gasteiger charge is -2.28. The Balaban J connectivity index is 4.97. The maximum absolute atomic E-state index is 13.0. The predicted octanol–water partition coefficient (Wildman–Crippen LogP) is 1.79. The maximum Gasteiger partial charge on any atom is 0.312 e. The van der Waals surface area contributed by atoms with Crippen molar-refractivity contribution in [3.8, 4) is 0 Å². The zero-order valence-electron chi connectivity index (χ0n) is 21.1. The van der Waals surface area contributed by atoms with Gasteiger partial charge in [-0.1, -0.05) is 47.6 Å². The summed E-state index contributed by atoms with van der Waals surface area (Å²) in [5.41, 5.74) is 4.37. The molecule has 0 radical (unpaired) electrons. The SMILES string of the molecule is C=CS(=O)(=O)CCCCCC(=O)N[C@@H](C(=O)N[C@H](CCCNC(N)=O)C(=O)C(C)(C)C)C(C)C. The van der Waals surface area contributed by atoms with Crippen molar-refractivity contribution in [1.29, 1.82) is 0 Å². The number of sulfone groups is 1. The van der Waals surface area contributed by atoms with Crippen LogP contribution in [0, 0.1) is 11.3 Å². The number of carbonyl (C=O) groups excluding carboxylic acids is 4. The lowest BCUT2D eigenvalue weighted by atomic mass is 9.84. The molecule has 4 amide bonds. The highest BCUT2D eigenvalue weighted by Crippen LogP contribution is 2.19. The summed E-state index contributed by atoms with van der Waals surface area (Å²) < 4.78 is 22.8. The minimum atomic E-state index is -3.25. The normalized spacial score (nSPS) is 13.6. The minimum absolute atomic E-state index is 0.00665. The van der Waals surface area contributed by atoms with E-state index in [9.17, 15) is 27.6 Å². The van der Waals surface area contributed by atoms with Crippen LogP contribution in [-0.4, -0.2) is 56.4 Å². The van der Waals surface area contributed by atoms with Gasteiger partial charge in [0.1, 0.15) is 6.04 Å². The van der Waals surface area contributed by atoms with Crippen molar-refractivity contribution in [3.63, 3.8) is 0 Å². The van der Waals surface area contributed by atoms with Gasteiger partial charge in [0, 0.05) is 23.8 Å². The largest absolute Gasteiger partial charge is 0.352 e. The minimum Gasteiger partial charge on any atom is -0.352 e. The number of hydrogen-bond acceptors (Lipinski definition) is 6. The molecule has 0 aliphatic heterocycles. The van der Waals surface area contributed by atoms with Gasteiger partial charge in [-0.25, -0.2) is 13.2 Å². The topological polar surface area (TPSA) is 165 Å². The van der Waals surface area contributed by atoms with Crippen molar-refractivity contribution in [2.24, 2.45) is 17.1 Å². The second kappa shape index (κ2) is 14.7. The number of urea groups is 1. The zero-order valence-corrected chi connectivity index (χ0v) is 21.9. The van der Waals surface area contributed by atoms with Gasteiger partial charge in [-0.15, -0.1) is 0 Å². The first kappa shape index (κ1) is 31.6. The molecule has 0 unspecified atom stereocenters. The molecule has 0 bridgehead atoms. The van der Waals surface area contributed by atoms with E-state index in [0.29, 0.717) is 32.1 Å². The highest BCUT2D eigenvalue weighted by Gasteiger charge is 2.33. The van der Waals surface area contributed by atoms with Gasteiger partial charge in [-0.3, -0.25) is 14.4 Å². The van der Waals surface area contributed by atoms with E-state index in [1.54, 1.807) is 34.6 Å². The lowest BCUT2D eigenvalue weighted by Crippen LogP contribution is -2.55. The third kappa shape index (κ3) is 13.3. The Morgan fingerprint density at radius 3 is 2.12 bits per heavy atom. The van der Waals surface area contributed by atoms with Crippen LogP contribution in [0.25, 0.3) is 0 Å². The molecule has 5 N–H and O–H groups in total. The quantitative estimate of drug-likeness (QED) is 0.235. The van der Waals surface area contributed by atoms with Crippen LogP contribution in [0.3, 0.4) is 0 Å². The van der Waals surface area contributed by atoms with Crippen molar-refractivity contribution in [1.82, 2.24) is 16.0 Å². The average Bonchev–Trinajstić information content (AvgIpc) is 2.72. The number of amides is 4. The molecule has 0 aromatic rings. The Kier molecular flexibility index (Phi) is 13.7. The number of nitrogens with two attached hydrogens (primary N) is 1. The third-order valence-electron chi connectivity index (χ3n) is 5.19. The van der Waals surface area contributed by atoms with E-state index < -0.39 is 39.3 Å². The molecule has 196 valence electrons. The Hall–Kier alpha value is -2.43. The zero-order chi connectivity index (χ0) is 26.5. The van der Waals surface area contributed by atoms with Gasteiger partial charge in [-0.05, 0) is 31.6 Å². The molecule has 34 heavy (non-hydrogen) atoms.